The molecule has 17 heavy (non-hydrogen) atoms. The molecule has 0 radical (unpaired) electrons. The maximum Gasteiger partial charge on any atom is 0.257 e. The van der Waals surface area contributed by atoms with E-state index in [1.54, 1.807) is 10.9 Å². The first kappa shape index (κ1) is 13.7. The van der Waals surface area contributed by atoms with Gasteiger partial charge in [0.1, 0.15) is 0 Å². The molecule has 0 atom stereocenters. The van der Waals surface area contributed by atoms with Crippen LogP contribution in [0.5, 0.6) is 0 Å². The minimum atomic E-state index is 0.0610. The monoisotopic (exact) mass is 238 g/mol. The Hall–Kier alpha value is -1.36. The fourth-order valence-corrected chi connectivity index (χ4v) is 1.83. The number of nitrogens with two attached hydrogens (primary N) is 1. The molecule has 2 N–H and O–H groups in total. The number of amides is 1. The van der Waals surface area contributed by atoms with Crippen LogP contribution >= 0.6 is 0 Å². The Balaban J connectivity index is 2.85. The van der Waals surface area contributed by atoms with E-state index in [1.807, 2.05) is 25.8 Å². The normalized spacial score (nSPS) is 10.6. The van der Waals surface area contributed by atoms with E-state index in [0.717, 1.165) is 18.5 Å². The van der Waals surface area contributed by atoms with Crippen molar-refractivity contribution in [2.24, 2.45) is 12.8 Å². The van der Waals surface area contributed by atoms with Crippen LogP contribution in [0.3, 0.4) is 0 Å². The lowest BCUT2D eigenvalue weighted by Gasteiger charge is -2.20. The average Bonchev–Trinajstić information content (AvgIpc) is 2.71. The van der Waals surface area contributed by atoms with Gasteiger partial charge in [0.25, 0.3) is 5.91 Å². The van der Waals surface area contributed by atoms with E-state index in [4.69, 9.17) is 5.73 Å². The predicted octanol–water partition coefficient (Wildman–Crippen LogP) is 0.793. The van der Waals surface area contributed by atoms with Crippen LogP contribution in [0.25, 0.3) is 0 Å². The summed E-state index contributed by atoms with van der Waals surface area (Å²) in [6.07, 6.45) is 3.41. The van der Waals surface area contributed by atoms with Crippen molar-refractivity contribution in [3.05, 3.63) is 17.5 Å². The molecule has 1 rings (SSSR count). The van der Waals surface area contributed by atoms with Crippen molar-refractivity contribution in [3.63, 3.8) is 0 Å². The summed E-state index contributed by atoms with van der Waals surface area (Å²) < 4.78 is 1.70. The molecular formula is C12H22N4O. The van der Waals surface area contributed by atoms with E-state index in [-0.39, 0.29) is 5.91 Å². The quantitative estimate of drug-likeness (QED) is 0.797. The van der Waals surface area contributed by atoms with E-state index < -0.39 is 0 Å². The molecule has 0 aliphatic rings. The summed E-state index contributed by atoms with van der Waals surface area (Å²) in [5, 5.41) is 4.29. The van der Waals surface area contributed by atoms with Gasteiger partial charge in [-0.1, -0.05) is 6.92 Å². The van der Waals surface area contributed by atoms with Crippen LogP contribution in [-0.2, 0) is 13.5 Å². The van der Waals surface area contributed by atoms with Crippen LogP contribution in [0.4, 0.5) is 0 Å². The number of nitrogens with zero attached hydrogens (tertiary/aromatic N) is 3. The van der Waals surface area contributed by atoms with Crippen molar-refractivity contribution < 1.29 is 4.79 Å². The van der Waals surface area contributed by atoms with Gasteiger partial charge in [0.2, 0.25) is 0 Å². The Morgan fingerprint density at radius 2 is 2.24 bits per heavy atom. The van der Waals surface area contributed by atoms with Crippen molar-refractivity contribution in [3.8, 4) is 0 Å². The van der Waals surface area contributed by atoms with Gasteiger partial charge in [0.05, 0.1) is 11.3 Å². The third-order valence-electron chi connectivity index (χ3n) is 2.77. The molecule has 0 bridgehead atoms. The molecule has 1 aromatic rings. The van der Waals surface area contributed by atoms with Crippen LogP contribution in [-0.4, -0.2) is 40.2 Å². The zero-order valence-corrected chi connectivity index (χ0v) is 10.9. The molecule has 96 valence electrons. The summed E-state index contributed by atoms with van der Waals surface area (Å²) >= 11 is 0. The third-order valence-corrected chi connectivity index (χ3v) is 2.77. The standard InChI is InChI=1S/C12H22N4O/c1-4-11-10(9-15(3)14-11)12(17)16(5-2)8-6-7-13/h9H,4-8,13H2,1-3H3. The maximum atomic E-state index is 12.3. The molecule has 1 amide bonds. The topological polar surface area (TPSA) is 64.2 Å². The summed E-state index contributed by atoms with van der Waals surface area (Å²) in [5.74, 6) is 0.0610. The molecule has 1 heterocycles. The molecule has 0 spiro atoms. The van der Waals surface area contributed by atoms with E-state index in [1.165, 1.54) is 0 Å². The van der Waals surface area contributed by atoms with Crippen LogP contribution < -0.4 is 5.73 Å². The summed E-state index contributed by atoms with van der Waals surface area (Å²) in [6.45, 7) is 6.02. The second-order valence-electron chi connectivity index (χ2n) is 4.04. The van der Waals surface area contributed by atoms with Crippen LogP contribution in [0.1, 0.15) is 36.3 Å². The SMILES string of the molecule is CCc1nn(C)cc1C(=O)N(CC)CCCN. The number of hydrogen-bond acceptors (Lipinski definition) is 3. The maximum absolute atomic E-state index is 12.3. The number of carbonyl (C=O) groups excluding carboxylic acids is 1. The molecule has 5 heteroatoms. The summed E-state index contributed by atoms with van der Waals surface area (Å²) in [7, 11) is 1.84. The van der Waals surface area contributed by atoms with Crippen LogP contribution in [0.2, 0.25) is 0 Å². The molecule has 1 aromatic heterocycles. The highest BCUT2D eigenvalue weighted by Gasteiger charge is 2.19. The van der Waals surface area contributed by atoms with E-state index in [0.29, 0.717) is 25.2 Å². The lowest BCUT2D eigenvalue weighted by Crippen LogP contribution is -2.33. The Labute approximate surface area is 103 Å². The zero-order valence-electron chi connectivity index (χ0n) is 10.9. The summed E-state index contributed by atoms with van der Waals surface area (Å²) in [6, 6.07) is 0. The number of aromatic nitrogens is 2. The van der Waals surface area contributed by atoms with Crippen molar-refractivity contribution in [2.45, 2.75) is 26.7 Å². The van der Waals surface area contributed by atoms with Gasteiger partial charge in [-0.2, -0.15) is 5.10 Å². The Morgan fingerprint density at radius 1 is 1.53 bits per heavy atom. The fourth-order valence-electron chi connectivity index (χ4n) is 1.83. The smallest absolute Gasteiger partial charge is 0.257 e. The molecule has 0 aliphatic carbocycles. The zero-order chi connectivity index (χ0) is 12.8. The fraction of sp³-hybridized carbons (Fsp3) is 0.667. The van der Waals surface area contributed by atoms with Gasteiger partial charge in [-0.15, -0.1) is 0 Å². The molecule has 0 aromatic carbocycles. The molecule has 0 aliphatic heterocycles. The Morgan fingerprint density at radius 3 is 2.76 bits per heavy atom. The predicted molar refractivity (Wildman–Crippen MR) is 67.8 cm³/mol. The second-order valence-corrected chi connectivity index (χ2v) is 4.04. The van der Waals surface area contributed by atoms with E-state index >= 15 is 0 Å². The molecule has 0 saturated heterocycles. The number of carbonyl (C=O) groups is 1. The van der Waals surface area contributed by atoms with Crippen molar-refractivity contribution in [1.82, 2.24) is 14.7 Å². The highest BCUT2D eigenvalue weighted by Crippen LogP contribution is 2.11. The average molecular weight is 238 g/mol. The first-order valence-electron chi connectivity index (χ1n) is 6.15. The highest BCUT2D eigenvalue weighted by molar-refractivity contribution is 5.95. The van der Waals surface area contributed by atoms with Crippen LogP contribution in [0, 0.1) is 0 Å². The molecule has 0 fully saturated rings. The van der Waals surface area contributed by atoms with E-state index in [9.17, 15) is 4.79 Å². The van der Waals surface area contributed by atoms with E-state index in [2.05, 4.69) is 5.10 Å². The van der Waals surface area contributed by atoms with Gasteiger partial charge in [0, 0.05) is 26.3 Å². The molecule has 0 unspecified atom stereocenters. The molecule has 0 saturated carbocycles. The number of aryl methyl sites for hydroxylation is 2. The number of hydrogen-bond donors (Lipinski definition) is 1. The number of rotatable bonds is 6. The van der Waals surface area contributed by atoms with Gasteiger partial charge < -0.3 is 10.6 Å². The van der Waals surface area contributed by atoms with Crippen molar-refractivity contribution in [2.75, 3.05) is 19.6 Å². The first-order chi connectivity index (χ1) is 8.13. The summed E-state index contributed by atoms with van der Waals surface area (Å²) in [4.78, 5) is 14.1. The summed E-state index contributed by atoms with van der Waals surface area (Å²) in [5.41, 5.74) is 7.06. The van der Waals surface area contributed by atoms with Crippen LogP contribution in [0.15, 0.2) is 6.20 Å². The van der Waals surface area contributed by atoms with Crippen molar-refractivity contribution in [1.29, 1.82) is 0 Å². The van der Waals surface area contributed by atoms with Gasteiger partial charge in [-0.3, -0.25) is 9.48 Å². The van der Waals surface area contributed by atoms with Gasteiger partial charge >= 0.3 is 0 Å². The minimum Gasteiger partial charge on any atom is -0.339 e. The molecule has 5 nitrogen and oxygen atoms in total. The molecular weight excluding hydrogens is 216 g/mol. The third kappa shape index (κ3) is 3.30. The Kier molecular flexibility index (Phi) is 5.15. The lowest BCUT2D eigenvalue weighted by molar-refractivity contribution is 0.0762. The Bertz CT molecular complexity index is 373. The van der Waals surface area contributed by atoms with Gasteiger partial charge in [-0.05, 0) is 26.3 Å². The van der Waals surface area contributed by atoms with Gasteiger partial charge in [-0.25, -0.2) is 0 Å². The second kappa shape index (κ2) is 6.39. The minimum absolute atomic E-state index is 0.0610. The van der Waals surface area contributed by atoms with Gasteiger partial charge in [0.15, 0.2) is 0 Å². The van der Waals surface area contributed by atoms with Crippen molar-refractivity contribution >= 4 is 5.91 Å². The first-order valence-corrected chi connectivity index (χ1v) is 6.15. The largest absolute Gasteiger partial charge is 0.339 e. The highest BCUT2D eigenvalue weighted by atomic mass is 16.2. The lowest BCUT2D eigenvalue weighted by atomic mass is 10.2.